The molecule has 1 N–H and O–H groups in total. The number of nitrogens with zero attached hydrogens (tertiary/aromatic N) is 2. The van der Waals surface area contributed by atoms with Gasteiger partial charge in [-0.15, -0.1) is 0 Å². The van der Waals surface area contributed by atoms with E-state index < -0.39 is 32.9 Å². The standard InChI is InChI=1S/C18H16N2O4S/c1-18(16(17(22)23)20-14(21)10-15(20)25(18)24)9-8-12-7-6-11-4-2-3-5-13(11)19-12/h2-9,15-16H,10H2,1H3,(H,22,23)/t15-,16+,18?,25?/m1/s1. The van der Waals surface area contributed by atoms with Gasteiger partial charge in [0, 0.05) is 5.39 Å². The summed E-state index contributed by atoms with van der Waals surface area (Å²) in [5, 5.41) is 10.1. The maximum absolute atomic E-state index is 12.8. The Balaban J connectivity index is 1.71. The van der Waals surface area contributed by atoms with Crippen LogP contribution in [0.1, 0.15) is 19.0 Å². The van der Waals surface area contributed by atoms with Gasteiger partial charge in [-0.05, 0) is 25.1 Å². The fourth-order valence-electron chi connectivity index (χ4n) is 3.52. The third kappa shape index (κ3) is 2.30. The van der Waals surface area contributed by atoms with Gasteiger partial charge in [0.1, 0.15) is 5.37 Å². The van der Waals surface area contributed by atoms with Crippen molar-refractivity contribution < 1.29 is 18.9 Å². The summed E-state index contributed by atoms with van der Waals surface area (Å²) in [6.45, 7) is 1.63. The normalized spacial score (nSPS) is 31.3. The van der Waals surface area contributed by atoms with Gasteiger partial charge in [-0.3, -0.25) is 9.00 Å². The fraction of sp³-hybridized carbons (Fsp3) is 0.278. The van der Waals surface area contributed by atoms with Gasteiger partial charge in [0.05, 0.1) is 33.2 Å². The van der Waals surface area contributed by atoms with Crippen molar-refractivity contribution in [3.63, 3.8) is 0 Å². The maximum atomic E-state index is 12.8. The molecule has 7 heteroatoms. The summed E-state index contributed by atoms with van der Waals surface area (Å²) in [4.78, 5) is 29.2. The van der Waals surface area contributed by atoms with Gasteiger partial charge in [-0.25, -0.2) is 9.78 Å². The first kappa shape index (κ1) is 16.0. The molecule has 0 radical (unpaired) electrons. The van der Waals surface area contributed by atoms with E-state index in [2.05, 4.69) is 4.98 Å². The number of benzene rings is 1. The molecule has 0 bridgehead atoms. The van der Waals surface area contributed by atoms with Crippen LogP contribution in [0, 0.1) is 0 Å². The van der Waals surface area contributed by atoms with Gasteiger partial charge >= 0.3 is 5.97 Å². The van der Waals surface area contributed by atoms with Gasteiger partial charge < -0.3 is 10.0 Å². The van der Waals surface area contributed by atoms with Crippen molar-refractivity contribution in [3.05, 3.63) is 48.2 Å². The molecule has 0 saturated carbocycles. The molecule has 2 unspecified atom stereocenters. The summed E-state index contributed by atoms with van der Waals surface area (Å²) in [5.41, 5.74) is 1.48. The molecular weight excluding hydrogens is 340 g/mol. The molecule has 2 fully saturated rings. The summed E-state index contributed by atoms with van der Waals surface area (Å²) in [5.74, 6) is -1.39. The van der Waals surface area contributed by atoms with Crippen molar-refractivity contribution >= 4 is 39.7 Å². The molecule has 2 aliphatic heterocycles. The lowest BCUT2D eigenvalue weighted by Crippen LogP contribution is -2.57. The molecule has 2 saturated heterocycles. The zero-order valence-electron chi connectivity index (χ0n) is 13.5. The number of hydrogen-bond donors (Lipinski definition) is 1. The van der Waals surface area contributed by atoms with Crippen molar-refractivity contribution in [2.24, 2.45) is 0 Å². The summed E-state index contributed by atoms with van der Waals surface area (Å²) in [6.07, 6.45) is 3.47. The minimum Gasteiger partial charge on any atom is -0.480 e. The molecule has 25 heavy (non-hydrogen) atoms. The number of pyridine rings is 1. The van der Waals surface area contributed by atoms with E-state index in [4.69, 9.17) is 0 Å². The van der Waals surface area contributed by atoms with Crippen LogP contribution in [-0.4, -0.2) is 47.2 Å². The Kier molecular flexibility index (Phi) is 3.50. The average Bonchev–Trinajstić information content (AvgIpc) is 2.78. The molecule has 4 atom stereocenters. The van der Waals surface area contributed by atoms with Gasteiger partial charge in [-0.2, -0.15) is 0 Å². The molecule has 1 aromatic carbocycles. The fourth-order valence-corrected chi connectivity index (χ4v) is 5.48. The Labute approximate surface area is 146 Å². The van der Waals surface area contributed by atoms with E-state index in [0.717, 1.165) is 10.9 Å². The zero-order valence-corrected chi connectivity index (χ0v) is 14.3. The Morgan fingerprint density at radius 2 is 2.12 bits per heavy atom. The molecule has 128 valence electrons. The molecule has 1 amide bonds. The number of carbonyl (C=O) groups excluding carboxylic acids is 1. The predicted molar refractivity (Wildman–Crippen MR) is 94.0 cm³/mol. The van der Waals surface area contributed by atoms with Crippen molar-refractivity contribution in [2.75, 3.05) is 0 Å². The number of hydrogen-bond acceptors (Lipinski definition) is 4. The Morgan fingerprint density at radius 1 is 1.36 bits per heavy atom. The number of para-hydroxylation sites is 1. The van der Waals surface area contributed by atoms with E-state index in [1.165, 1.54) is 4.90 Å². The third-order valence-corrected chi connectivity index (χ3v) is 7.00. The van der Waals surface area contributed by atoms with Crippen molar-refractivity contribution in [1.82, 2.24) is 9.88 Å². The highest BCUT2D eigenvalue weighted by Gasteiger charge is 2.64. The molecule has 2 aliphatic rings. The Bertz CT molecular complexity index is 957. The topological polar surface area (TPSA) is 87.6 Å². The second-order valence-corrected chi connectivity index (χ2v) is 8.46. The maximum Gasteiger partial charge on any atom is 0.328 e. The lowest BCUT2D eigenvalue weighted by Gasteiger charge is -2.35. The van der Waals surface area contributed by atoms with Crippen LogP contribution in [0.2, 0.25) is 0 Å². The molecule has 4 rings (SSSR count). The number of rotatable bonds is 3. The Hall–Kier alpha value is -2.54. The lowest BCUT2D eigenvalue weighted by molar-refractivity contribution is -0.156. The number of carbonyl (C=O) groups is 2. The smallest absolute Gasteiger partial charge is 0.328 e. The molecule has 1 aromatic heterocycles. The van der Waals surface area contributed by atoms with Crippen LogP contribution in [0.5, 0.6) is 0 Å². The van der Waals surface area contributed by atoms with Crippen LogP contribution in [0.4, 0.5) is 0 Å². The first-order valence-corrected chi connectivity index (χ1v) is 9.13. The van der Waals surface area contributed by atoms with Crippen LogP contribution >= 0.6 is 0 Å². The Morgan fingerprint density at radius 3 is 2.84 bits per heavy atom. The van der Waals surface area contributed by atoms with E-state index in [1.807, 2.05) is 36.4 Å². The van der Waals surface area contributed by atoms with Gasteiger partial charge in [0.2, 0.25) is 5.91 Å². The molecule has 2 aromatic rings. The van der Waals surface area contributed by atoms with Crippen LogP contribution in [0.3, 0.4) is 0 Å². The van der Waals surface area contributed by atoms with Gasteiger partial charge in [0.25, 0.3) is 0 Å². The van der Waals surface area contributed by atoms with Crippen molar-refractivity contribution in [1.29, 1.82) is 0 Å². The average molecular weight is 356 g/mol. The highest BCUT2D eigenvalue weighted by molar-refractivity contribution is 7.87. The van der Waals surface area contributed by atoms with Crippen LogP contribution in [0.25, 0.3) is 17.0 Å². The first-order chi connectivity index (χ1) is 11.9. The highest BCUT2D eigenvalue weighted by atomic mass is 32.2. The predicted octanol–water partition coefficient (Wildman–Crippen LogP) is 1.78. The van der Waals surface area contributed by atoms with Crippen molar-refractivity contribution in [2.45, 2.75) is 29.5 Å². The quantitative estimate of drug-likeness (QED) is 0.847. The summed E-state index contributed by atoms with van der Waals surface area (Å²) in [7, 11) is -1.48. The summed E-state index contributed by atoms with van der Waals surface area (Å²) in [6, 6.07) is 10.3. The van der Waals surface area contributed by atoms with E-state index in [0.29, 0.717) is 5.69 Å². The summed E-state index contributed by atoms with van der Waals surface area (Å²) < 4.78 is 11.6. The molecule has 0 spiro atoms. The number of aromatic nitrogens is 1. The number of fused-ring (bicyclic) bond motifs is 2. The van der Waals surface area contributed by atoms with Gasteiger partial charge in [-0.1, -0.05) is 30.3 Å². The number of aliphatic carboxylic acids is 1. The molecule has 0 aliphatic carbocycles. The molecule has 3 heterocycles. The van der Waals surface area contributed by atoms with E-state index in [9.17, 15) is 18.9 Å². The number of amides is 1. The minimum atomic E-state index is -1.48. The second-order valence-electron chi connectivity index (χ2n) is 6.44. The van der Waals surface area contributed by atoms with Gasteiger partial charge in [0.15, 0.2) is 6.04 Å². The largest absolute Gasteiger partial charge is 0.480 e. The number of carboxylic acids is 1. The first-order valence-electron chi connectivity index (χ1n) is 7.91. The van der Waals surface area contributed by atoms with Crippen molar-refractivity contribution in [3.8, 4) is 0 Å². The highest BCUT2D eigenvalue weighted by Crippen LogP contribution is 2.44. The SMILES string of the molecule is CC1(C=Cc2ccc3ccccc3n2)[C@H](C(=O)O)N2C(=O)C[C@H]2S1=O. The van der Waals surface area contributed by atoms with Crippen LogP contribution in [-0.2, 0) is 20.4 Å². The summed E-state index contributed by atoms with van der Waals surface area (Å²) >= 11 is 0. The van der Waals surface area contributed by atoms with E-state index >= 15 is 0 Å². The van der Waals surface area contributed by atoms with Crippen LogP contribution < -0.4 is 0 Å². The minimum absolute atomic E-state index is 0.147. The molecular formula is C18H16N2O4S. The molecule has 6 nitrogen and oxygen atoms in total. The number of β-lactam (4-membered cyclic amide) rings is 1. The lowest BCUT2D eigenvalue weighted by atomic mass is 9.95. The number of carboxylic acid groups (broad SMARTS) is 1. The monoisotopic (exact) mass is 356 g/mol. The third-order valence-electron chi connectivity index (χ3n) is 4.89. The second kappa shape index (κ2) is 5.49. The zero-order chi connectivity index (χ0) is 17.8. The van der Waals surface area contributed by atoms with Crippen LogP contribution in [0.15, 0.2) is 42.5 Å². The van der Waals surface area contributed by atoms with E-state index in [-0.39, 0.29) is 12.3 Å². The van der Waals surface area contributed by atoms with E-state index in [1.54, 1.807) is 19.1 Å².